The monoisotopic (exact) mass is 304 g/mol. The van der Waals surface area contributed by atoms with E-state index in [2.05, 4.69) is 9.72 Å². The number of para-hydroxylation sites is 1. The number of ether oxygens (including phenoxy) is 2. The highest BCUT2D eigenvalue weighted by Crippen LogP contribution is 2.31. The zero-order valence-corrected chi connectivity index (χ0v) is 12.5. The van der Waals surface area contributed by atoms with Crippen LogP contribution in [0.3, 0.4) is 0 Å². The number of nitro groups is 1. The zero-order valence-electron chi connectivity index (χ0n) is 12.5. The number of methoxy groups -OCH3 is 1. The van der Waals surface area contributed by atoms with E-state index in [1.54, 1.807) is 12.1 Å². The fourth-order valence-corrected chi connectivity index (χ4v) is 1.93. The van der Waals surface area contributed by atoms with Crippen LogP contribution in [0.5, 0.6) is 5.75 Å². The second kappa shape index (κ2) is 6.38. The summed E-state index contributed by atoms with van der Waals surface area (Å²) >= 11 is 0. The number of benzene rings is 1. The van der Waals surface area contributed by atoms with Crippen LogP contribution in [0.2, 0.25) is 0 Å². The molecule has 0 bridgehead atoms. The Morgan fingerprint density at radius 3 is 2.73 bits per heavy atom. The number of aromatic nitrogens is 1. The lowest BCUT2D eigenvalue weighted by Crippen LogP contribution is -2.09. The van der Waals surface area contributed by atoms with E-state index >= 15 is 0 Å². The average molecular weight is 304 g/mol. The molecule has 0 aliphatic rings. The molecule has 22 heavy (non-hydrogen) atoms. The maximum Gasteiger partial charge on any atom is 0.356 e. The Kier molecular flexibility index (Phi) is 4.55. The normalized spacial score (nSPS) is 10.7. The van der Waals surface area contributed by atoms with Crippen LogP contribution in [-0.4, -0.2) is 29.6 Å². The number of carbonyl (C=O) groups is 1. The Balaban J connectivity index is 2.67. The highest BCUT2D eigenvalue weighted by atomic mass is 16.6. The second-order valence-electron chi connectivity index (χ2n) is 5.13. The number of pyridine rings is 1. The van der Waals surface area contributed by atoms with Crippen molar-refractivity contribution in [3.63, 3.8) is 0 Å². The van der Waals surface area contributed by atoms with E-state index in [0.717, 1.165) is 0 Å². The van der Waals surface area contributed by atoms with Crippen LogP contribution in [0.15, 0.2) is 24.3 Å². The molecule has 0 aliphatic heterocycles. The standard InChI is InChI=1S/C15H16N2O5/c1-9(2)8-22-13-7-11(15(18)21-3)16-14-10(13)5-4-6-12(14)17(19)20/h4-7,9H,8H2,1-3H3. The molecule has 0 aliphatic carbocycles. The van der Waals surface area contributed by atoms with Crippen LogP contribution in [0, 0.1) is 16.0 Å². The highest BCUT2D eigenvalue weighted by molar-refractivity contribution is 5.97. The number of nitrogens with zero attached hydrogens (tertiary/aromatic N) is 2. The molecule has 2 rings (SSSR count). The zero-order chi connectivity index (χ0) is 16.3. The van der Waals surface area contributed by atoms with Crippen LogP contribution in [0.1, 0.15) is 24.3 Å². The first-order valence-corrected chi connectivity index (χ1v) is 6.73. The first-order chi connectivity index (χ1) is 10.4. The van der Waals surface area contributed by atoms with Gasteiger partial charge in [-0.15, -0.1) is 0 Å². The third kappa shape index (κ3) is 3.13. The Hall–Kier alpha value is -2.70. The van der Waals surface area contributed by atoms with Crippen molar-refractivity contribution in [2.45, 2.75) is 13.8 Å². The fourth-order valence-electron chi connectivity index (χ4n) is 1.93. The summed E-state index contributed by atoms with van der Waals surface area (Å²) in [5.74, 6) is -0.0271. The van der Waals surface area contributed by atoms with Crippen molar-refractivity contribution in [2.24, 2.45) is 5.92 Å². The van der Waals surface area contributed by atoms with Gasteiger partial charge in [0.05, 0.1) is 18.6 Å². The molecule has 116 valence electrons. The molecular formula is C15H16N2O5. The predicted molar refractivity (Wildman–Crippen MR) is 80.1 cm³/mol. The van der Waals surface area contributed by atoms with Gasteiger partial charge in [0, 0.05) is 17.5 Å². The molecule has 7 nitrogen and oxygen atoms in total. The molecule has 1 aromatic heterocycles. The van der Waals surface area contributed by atoms with Gasteiger partial charge in [-0.2, -0.15) is 0 Å². The van der Waals surface area contributed by atoms with Crippen molar-refractivity contribution in [1.29, 1.82) is 0 Å². The van der Waals surface area contributed by atoms with Gasteiger partial charge in [0.25, 0.3) is 5.69 Å². The van der Waals surface area contributed by atoms with E-state index in [-0.39, 0.29) is 22.8 Å². The van der Waals surface area contributed by atoms with Crippen LogP contribution in [-0.2, 0) is 4.74 Å². The van der Waals surface area contributed by atoms with Gasteiger partial charge < -0.3 is 9.47 Å². The third-order valence-electron chi connectivity index (χ3n) is 2.94. The Morgan fingerprint density at radius 2 is 2.14 bits per heavy atom. The topological polar surface area (TPSA) is 91.6 Å². The number of hydrogen-bond acceptors (Lipinski definition) is 6. The molecule has 7 heteroatoms. The van der Waals surface area contributed by atoms with Crippen LogP contribution < -0.4 is 4.74 Å². The predicted octanol–water partition coefficient (Wildman–Crippen LogP) is 2.96. The van der Waals surface area contributed by atoms with Crippen LogP contribution >= 0.6 is 0 Å². The molecule has 0 amide bonds. The summed E-state index contributed by atoms with van der Waals surface area (Å²) in [5, 5.41) is 11.6. The minimum atomic E-state index is -0.672. The molecule has 0 radical (unpaired) electrons. The van der Waals surface area contributed by atoms with Gasteiger partial charge >= 0.3 is 5.97 Å². The number of fused-ring (bicyclic) bond motifs is 1. The lowest BCUT2D eigenvalue weighted by Gasteiger charge is -2.12. The van der Waals surface area contributed by atoms with Crippen molar-refractivity contribution < 1.29 is 19.2 Å². The molecule has 0 saturated heterocycles. The Bertz CT molecular complexity index is 727. The van der Waals surface area contributed by atoms with E-state index in [0.29, 0.717) is 17.7 Å². The van der Waals surface area contributed by atoms with E-state index in [1.807, 2.05) is 13.8 Å². The molecule has 0 unspecified atom stereocenters. The number of non-ortho nitro benzene ring substituents is 1. The summed E-state index contributed by atoms with van der Waals surface area (Å²) in [6, 6.07) is 6.01. The molecule has 0 N–H and O–H groups in total. The van der Waals surface area contributed by atoms with Crippen molar-refractivity contribution >= 4 is 22.6 Å². The van der Waals surface area contributed by atoms with Gasteiger partial charge in [-0.25, -0.2) is 9.78 Å². The summed E-state index contributed by atoms with van der Waals surface area (Å²) in [4.78, 5) is 26.4. The maximum atomic E-state index is 11.7. The molecule has 0 atom stereocenters. The lowest BCUT2D eigenvalue weighted by molar-refractivity contribution is -0.383. The van der Waals surface area contributed by atoms with Gasteiger partial charge in [-0.05, 0) is 12.0 Å². The molecule has 1 heterocycles. The largest absolute Gasteiger partial charge is 0.493 e. The summed E-state index contributed by atoms with van der Waals surface area (Å²) in [6.45, 7) is 4.38. The van der Waals surface area contributed by atoms with Crippen molar-refractivity contribution in [1.82, 2.24) is 4.98 Å². The van der Waals surface area contributed by atoms with Gasteiger partial charge in [0.2, 0.25) is 0 Å². The van der Waals surface area contributed by atoms with Gasteiger partial charge in [-0.3, -0.25) is 10.1 Å². The third-order valence-corrected chi connectivity index (χ3v) is 2.94. The summed E-state index contributed by atoms with van der Waals surface area (Å²) in [5.41, 5.74) is -0.102. The maximum absolute atomic E-state index is 11.7. The van der Waals surface area contributed by atoms with Crippen molar-refractivity contribution in [3.05, 3.63) is 40.1 Å². The number of hydrogen-bond donors (Lipinski definition) is 0. The van der Waals surface area contributed by atoms with Gasteiger partial charge in [-0.1, -0.05) is 19.9 Å². The highest BCUT2D eigenvalue weighted by Gasteiger charge is 2.20. The first kappa shape index (κ1) is 15.7. The smallest absolute Gasteiger partial charge is 0.356 e. The summed E-state index contributed by atoms with van der Waals surface area (Å²) in [7, 11) is 1.22. The number of nitro benzene ring substituents is 1. The quantitative estimate of drug-likeness (QED) is 0.479. The van der Waals surface area contributed by atoms with Crippen LogP contribution in [0.4, 0.5) is 5.69 Å². The minimum absolute atomic E-state index is 0.0249. The van der Waals surface area contributed by atoms with Crippen molar-refractivity contribution in [3.8, 4) is 5.75 Å². The Labute approximate surface area is 127 Å². The van der Waals surface area contributed by atoms with E-state index in [1.165, 1.54) is 19.2 Å². The molecule has 0 saturated carbocycles. The molecule has 0 fully saturated rings. The van der Waals surface area contributed by atoms with Gasteiger partial charge in [0.1, 0.15) is 5.75 Å². The minimum Gasteiger partial charge on any atom is -0.493 e. The summed E-state index contributed by atoms with van der Waals surface area (Å²) in [6.07, 6.45) is 0. The molecule has 1 aromatic carbocycles. The fraction of sp³-hybridized carbons (Fsp3) is 0.333. The molecule has 2 aromatic rings. The van der Waals surface area contributed by atoms with E-state index < -0.39 is 10.9 Å². The van der Waals surface area contributed by atoms with E-state index in [4.69, 9.17) is 4.74 Å². The number of esters is 1. The Morgan fingerprint density at radius 1 is 1.41 bits per heavy atom. The van der Waals surface area contributed by atoms with Crippen molar-refractivity contribution in [2.75, 3.05) is 13.7 Å². The second-order valence-corrected chi connectivity index (χ2v) is 5.13. The van der Waals surface area contributed by atoms with Crippen LogP contribution in [0.25, 0.3) is 10.9 Å². The molecule has 0 spiro atoms. The van der Waals surface area contributed by atoms with E-state index in [9.17, 15) is 14.9 Å². The lowest BCUT2D eigenvalue weighted by atomic mass is 10.1. The SMILES string of the molecule is COC(=O)c1cc(OCC(C)C)c2cccc([N+](=O)[O-])c2n1. The first-order valence-electron chi connectivity index (χ1n) is 6.73. The van der Waals surface area contributed by atoms with Gasteiger partial charge in [0.15, 0.2) is 11.2 Å². The summed E-state index contributed by atoms with van der Waals surface area (Å²) < 4.78 is 10.3. The molecular weight excluding hydrogens is 288 g/mol. The number of rotatable bonds is 5. The average Bonchev–Trinajstić information content (AvgIpc) is 2.50. The number of carbonyl (C=O) groups excluding carboxylic acids is 1.